The highest BCUT2D eigenvalue weighted by Crippen LogP contribution is 2.30. The first-order valence-electron chi connectivity index (χ1n) is 6.15. The van der Waals surface area contributed by atoms with Crippen molar-refractivity contribution in [2.75, 3.05) is 0 Å². The third-order valence-electron chi connectivity index (χ3n) is 3.49. The van der Waals surface area contributed by atoms with Gasteiger partial charge < -0.3 is 11.1 Å². The van der Waals surface area contributed by atoms with E-state index in [-0.39, 0.29) is 5.91 Å². The molecule has 0 bridgehead atoms. The Balaban J connectivity index is 1.90. The molecule has 0 radical (unpaired) electrons. The number of nitrogens with two attached hydrogens (primary N) is 1. The standard InChI is InChI=1S/C12H20N4O/c1-9-3-2-4-12(13,5-9)11(17)14-6-10-7-15-16-8-10/h7-9H,2-6,13H2,1H3,(H,14,17)(H,15,16). The van der Waals surface area contributed by atoms with Crippen molar-refractivity contribution in [2.45, 2.75) is 44.7 Å². The number of hydrogen-bond donors (Lipinski definition) is 3. The second-order valence-electron chi connectivity index (χ2n) is 5.15. The smallest absolute Gasteiger partial charge is 0.240 e. The molecule has 0 spiro atoms. The van der Waals surface area contributed by atoms with E-state index in [4.69, 9.17) is 5.73 Å². The molecular weight excluding hydrogens is 216 g/mol. The second-order valence-corrected chi connectivity index (χ2v) is 5.15. The van der Waals surface area contributed by atoms with Crippen molar-refractivity contribution in [3.05, 3.63) is 18.0 Å². The van der Waals surface area contributed by atoms with Gasteiger partial charge in [-0.05, 0) is 18.8 Å². The number of nitrogens with zero attached hydrogens (tertiary/aromatic N) is 1. The Hall–Kier alpha value is -1.36. The summed E-state index contributed by atoms with van der Waals surface area (Å²) in [7, 11) is 0. The molecule has 1 fully saturated rings. The quantitative estimate of drug-likeness (QED) is 0.730. The summed E-state index contributed by atoms with van der Waals surface area (Å²) in [5, 5.41) is 9.44. The number of carbonyl (C=O) groups excluding carboxylic acids is 1. The fourth-order valence-corrected chi connectivity index (χ4v) is 2.53. The first-order valence-corrected chi connectivity index (χ1v) is 6.15. The van der Waals surface area contributed by atoms with Crippen molar-refractivity contribution in [1.29, 1.82) is 0 Å². The Kier molecular flexibility index (Phi) is 3.47. The number of hydrogen-bond acceptors (Lipinski definition) is 3. The van der Waals surface area contributed by atoms with E-state index in [2.05, 4.69) is 22.4 Å². The molecule has 0 aromatic carbocycles. The van der Waals surface area contributed by atoms with E-state index in [1.54, 1.807) is 12.4 Å². The van der Waals surface area contributed by atoms with Crippen molar-refractivity contribution in [1.82, 2.24) is 15.5 Å². The summed E-state index contributed by atoms with van der Waals surface area (Å²) in [6.45, 7) is 2.65. The minimum atomic E-state index is -0.679. The monoisotopic (exact) mass is 236 g/mol. The molecule has 1 aliphatic carbocycles. The molecular formula is C12H20N4O. The molecule has 5 nitrogen and oxygen atoms in total. The lowest BCUT2D eigenvalue weighted by molar-refractivity contribution is -0.128. The number of amides is 1. The molecule has 2 unspecified atom stereocenters. The lowest BCUT2D eigenvalue weighted by Gasteiger charge is -2.35. The third-order valence-corrected chi connectivity index (χ3v) is 3.49. The first kappa shape index (κ1) is 12.1. The van der Waals surface area contributed by atoms with Gasteiger partial charge in [-0.2, -0.15) is 5.10 Å². The number of carbonyl (C=O) groups is 1. The number of rotatable bonds is 3. The molecule has 0 aliphatic heterocycles. The summed E-state index contributed by atoms with van der Waals surface area (Å²) in [6, 6.07) is 0. The van der Waals surface area contributed by atoms with E-state index >= 15 is 0 Å². The topological polar surface area (TPSA) is 83.8 Å². The van der Waals surface area contributed by atoms with Gasteiger partial charge in [-0.1, -0.05) is 19.8 Å². The van der Waals surface area contributed by atoms with Crippen LogP contribution in [-0.4, -0.2) is 21.6 Å². The van der Waals surface area contributed by atoms with Crippen LogP contribution in [0.4, 0.5) is 0 Å². The van der Waals surface area contributed by atoms with Gasteiger partial charge in [0.15, 0.2) is 0 Å². The summed E-state index contributed by atoms with van der Waals surface area (Å²) in [5.41, 5.74) is 6.48. The van der Waals surface area contributed by atoms with Crippen LogP contribution in [0.1, 0.15) is 38.2 Å². The van der Waals surface area contributed by atoms with Gasteiger partial charge in [0.1, 0.15) is 0 Å². The van der Waals surface area contributed by atoms with E-state index in [1.807, 2.05) is 0 Å². The maximum atomic E-state index is 12.1. The minimum Gasteiger partial charge on any atom is -0.350 e. The fraction of sp³-hybridized carbons (Fsp3) is 0.667. The molecule has 0 saturated heterocycles. The molecule has 5 heteroatoms. The van der Waals surface area contributed by atoms with Gasteiger partial charge >= 0.3 is 0 Å². The van der Waals surface area contributed by atoms with Crippen molar-refractivity contribution in [2.24, 2.45) is 11.7 Å². The average Bonchev–Trinajstić information content (AvgIpc) is 2.78. The molecule has 94 valence electrons. The number of H-pyrrole nitrogens is 1. The van der Waals surface area contributed by atoms with E-state index in [0.29, 0.717) is 12.5 Å². The zero-order valence-electron chi connectivity index (χ0n) is 10.2. The SMILES string of the molecule is CC1CCCC(N)(C(=O)NCc2cn[nH]c2)C1. The lowest BCUT2D eigenvalue weighted by Crippen LogP contribution is -2.56. The number of aromatic nitrogens is 2. The van der Waals surface area contributed by atoms with Gasteiger partial charge in [0.05, 0.1) is 11.7 Å². The van der Waals surface area contributed by atoms with Gasteiger partial charge in [-0.3, -0.25) is 9.89 Å². The van der Waals surface area contributed by atoms with Crippen molar-refractivity contribution < 1.29 is 4.79 Å². The van der Waals surface area contributed by atoms with Crippen LogP contribution >= 0.6 is 0 Å². The lowest BCUT2D eigenvalue weighted by atomic mass is 9.76. The van der Waals surface area contributed by atoms with Crippen LogP contribution in [0.25, 0.3) is 0 Å². The summed E-state index contributed by atoms with van der Waals surface area (Å²) in [6.07, 6.45) is 7.25. The van der Waals surface area contributed by atoms with Gasteiger partial charge in [-0.25, -0.2) is 0 Å². The predicted octanol–water partition coefficient (Wildman–Crippen LogP) is 0.933. The third kappa shape index (κ3) is 2.85. The fourth-order valence-electron chi connectivity index (χ4n) is 2.53. The van der Waals surface area contributed by atoms with E-state index < -0.39 is 5.54 Å². The van der Waals surface area contributed by atoms with Gasteiger partial charge in [-0.15, -0.1) is 0 Å². The minimum absolute atomic E-state index is 0.0368. The summed E-state index contributed by atoms with van der Waals surface area (Å²) < 4.78 is 0. The van der Waals surface area contributed by atoms with Gasteiger partial charge in [0, 0.05) is 18.3 Å². The maximum Gasteiger partial charge on any atom is 0.240 e. The molecule has 1 aliphatic rings. The molecule has 1 amide bonds. The highest BCUT2D eigenvalue weighted by molar-refractivity contribution is 5.86. The summed E-state index contributed by atoms with van der Waals surface area (Å²) in [4.78, 5) is 12.1. The first-order chi connectivity index (χ1) is 8.10. The molecule has 1 aromatic rings. The molecule has 2 rings (SSSR count). The highest BCUT2D eigenvalue weighted by atomic mass is 16.2. The Bertz CT molecular complexity index is 376. The van der Waals surface area contributed by atoms with Crippen LogP contribution in [0.15, 0.2) is 12.4 Å². The Morgan fingerprint density at radius 2 is 2.59 bits per heavy atom. The van der Waals surface area contributed by atoms with Crippen LogP contribution in [0.5, 0.6) is 0 Å². The van der Waals surface area contributed by atoms with E-state index in [0.717, 1.165) is 24.8 Å². The normalized spacial score (nSPS) is 28.9. The van der Waals surface area contributed by atoms with Crippen molar-refractivity contribution >= 4 is 5.91 Å². The van der Waals surface area contributed by atoms with Crippen LogP contribution in [-0.2, 0) is 11.3 Å². The molecule has 17 heavy (non-hydrogen) atoms. The van der Waals surface area contributed by atoms with E-state index in [1.165, 1.54) is 6.42 Å². The largest absolute Gasteiger partial charge is 0.350 e. The summed E-state index contributed by atoms with van der Waals surface area (Å²) in [5.74, 6) is 0.499. The highest BCUT2D eigenvalue weighted by Gasteiger charge is 2.37. The molecule has 1 aromatic heterocycles. The average molecular weight is 236 g/mol. The number of aromatic amines is 1. The van der Waals surface area contributed by atoms with Gasteiger partial charge in [0.2, 0.25) is 5.91 Å². The predicted molar refractivity (Wildman–Crippen MR) is 65.0 cm³/mol. The number of nitrogens with one attached hydrogen (secondary N) is 2. The van der Waals surface area contributed by atoms with Crippen LogP contribution in [0.3, 0.4) is 0 Å². The Morgan fingerprint density at radius 3 is 3.24 bits per heavy atom. The molecule has 2 atom stereocenters. The van der Waals surface area contributed by atoms with E-state index in [9.17, 15) is 4.79 Å². The second kappa shape index (κ2) is 4.87. The van der Waals surface area contributed by atoms with Crippen LogP contribution in [0.2, 0.25) is 0 Å². The van der Waals surface area contributed by atoms with Crippen molar-refractivity contribution in [3.63, 3.8) is 0 Å². The van der Waals surface area contributed by atoms with Crippen LogP contribution in [0, 0.1) is 5.92 Å². The Morgan fingerprint density at radius 1 is 1.76 bits per heavy atom. The Labute approximate surface area is 101 Å². The zero-order chi connectivity index (χ0) is 12.3. The summed E-state index contributed by atoms with van der Waals surface area (Å²) >= 11 is 0. The molecule has 4 N–H and O–H groups in total. The molecule has 1 saturated carbocycles. The van der Waals surface area contributed by atoms with Crippen molar-refractivity contribution in [3.8, 4) is 0 Å². The van der Waals surface area contributed by atoms with Crippen LogP contribution < -0.4 is 11.1 Å². The van der Waals surface area contributed by atoms with Gasteiger partial charge in [0.25, 0.3) is 0 Å². The maximum absolute atomic E-state index is 12.1. The molecule has 1 heterocycles. The zero-order valence-corrected chi connectivity index (χ0v) is 10.2.